The Morgan fingerprint density at radius 2 is 1.59 bits per heavy atom. The first-order valence-corrected chi connectivity index (χ1v) is 10.7. The molecular formula is C24H27N5O3. The first-order chi connectivity index (χ1) is 15.3. The summed E-state index contributed by atoms with van der Waals surface area (Å²) in [4.78, 5) is 51.2. The van der Waals surface area contributed by atoms with Crippen LogP contribution in [0.1, 0.15) is 36.8 Å². The molecule has 0 aliphatic carbocycles. The van der Waals surface area contributed by atoms with E-state index in [0.717, 1.165) is 5.56 Å². The molecule has 8 nitrogen and oxygen atoms in total. The number of hydrogen-bond donors (Lipinski definition) is 0. The summed E-state index contributed by atoms with van der Waals surface area (Å²) in [6.45, 7) is 7.56. The van der Waals surface area contributed by atoms with Gasteiger partial charge in [0.15, 0.2) is 11.3 Å². The number of nitrogens with zero attached hydrogens (tertiary/aromatic N) is 5. The standard InChI is InChI=1S/C24H27N5O3/c1-24(2,3)23(32)28-14-12-27(13-15-28)21(30)19-22(31)29(16-17-8-5-4-6-9-17)20-18(26-19)10-7-11-25-20/h4-11H,12-16H2,1-3H3. The minimum Gasteiger partial charge on any atom is -0.339 e. The normalized spacial score (nSPS) is 14.6. The fourth-order valence-electron chi connectivity index (χ4n) is 3.86. The van der Waals surface area contributed by atoms with E-state index in [4.69, 9.17) is 0 Å². The van der Waals surface area contributed by atoms with E-state index in [1.54, 1.807) is 28.1 Å². The van der Waals surface area contributed by atoms with Gasteiger partial charge in [-0.15, -0.1) is 0 Å². The van der Waals surface area contributed by atoms with Crippen LogP contribution in [-0.4, -0.2) is 62.3 Å². The van der Waals surface area contributed by atoms with E-state index in [1.165, 1.54) is 4.57 Å². The number of hydrogen-bond acceptors (Lipinski definition) is 5. The molecule has 3 aromatic rings. The number of benzene rings is 1. The molecule has 2 aromatic heterocycles. The zero-order valence-electron chi connectivity index (χ0n) is 18.6. The van der Waals surface area contributed by atoms with E-state index < -0.39 is 16.9 Å². The van der Waals surface area contributed by atoms with Crippen molar-refractivity contribution in [1.82, 2.24) is 24.3 Å². The van der Waals surface area contributed by atoms with Gasteiger partial charge in [0.2, 0.25) is 5.91 Å². The van der Waals surface area contributed by atoms with Crippen molar-refractivity contribution in [1.29, 1.82) is 0 Å². The van der Waals surface area contributed by atoms with Crippen molar-refractivity contribution in [3.05, 3.63) is 70.3 Å². The van der Waals surface area contributed by atoms with Crippen LogP contribution in [0.5, 0.6) is 0 Å². The Kier molecular flexibility index (Phi) is 5.78. The predicted molar refractivity (Wildman–Crippen MR) is 121 cm³/mol. The molecule has 1 saturated heterocycles. The second-order valence-electron chi connectivity index (χ2n) is 9.02. The van der Waals surface area contributed by atoms with Gasteiger partial charge in [-0.1, -0.05) is 51.1 Å². The van der Waals surface area contributed by atoms with Gasteiger partial charge >= 0.3 is 0 Å². The number of carbonyl (C=O) groups is 2. The molecule has 4 rings (SSSR count). The van der Waals surface area contributed by atoms with Gasteiger partial charge in [0.25, 0.3) is 11.5 Å². The molecule has 0 unspecified atom stereocenters. The third kappa shape index (κ3) is 4.26. The summed E-state index contributed by atoms with van der Waals surface area (Å²) in [7, 11) is 0. The molecule has 2 amide bonds. The van der Waals surface area contributed by atoms with Crippen LogP contribution in [0.25, 0.3) is 11.2 Å². The van der Waals surface area contributed by atoms with Gasteiger partial charge in [0.1, 0.15) is 5.52 Å². The lowest BCUT2D eigenvalue weighted by Gasteiger charge is -2.37. The highest BCUT2D eigenvalue weighted by Crippen LogP contribution is 2.19. The van der Waals surface area contributed by atoms with Crippen LogP contribution >= 0.6 is 0 Å². The van der Waals surface area contributed by atoms with E-state index in [0.29, 0.717) is 43.9 Å². The van der Waals surface area contributed by atoms with E-state index in [-0.39, 0.29) is 11.6 Å². The second kappa shape index (κ2) is 8.53. The Bertz CT molecular complexity index is 1210. The van der Waals surface area contributed by atoms with Gasteiger partial charge in [-0.3, -0.25) is 19.0 Å². The van der Waals surface area contributed by atoms with E-state index in [1.807, 2.05) is 51.1 Å². The molecule has 8 heteroatoms. The van der Waals surface area contributed by atoms with Gasteiger partial charge in [0.05, 0.1) is 6.54 Å². The van der Waals surface area contributed by atoms with Gasteiger partial charge in [0, 0.05) is 37.8 Å². The number of carbonyl (C=O) groups excluding carboxylic acids is 2. The largest absolute Gasteiger partial charge is 0.339 e. The van der Waals surface area contributed by atoms with E-state index >= 15 is 0 Å². The zero-order valence-corrected chi connectivity index (χ0v) is 18.6. The van der Waals surface area contributed by atoms with Crippen LogP contribution in [0.3, 0.4) is 0 Å². The lowest BCUT2D eigenvalue weighted by Crippen LogP contribution is -2.53. The molecule has 1 aliphatic heterocycles. The molecule has 1 aromatic carbocycles. The molecule has 1 aliphatic rings. The smallest absolute Gasteiger partial charge is 0.284 e. The van der Waals surface area contributed by atoms with Gasteiger partial charge in [-0.2, -0.15) is 0 Å². The Labute approximate surface area is 186 Å². The molecule has 0 radical (unpaired) electrons. The number of pyridine rings is 1. The van der Waals surface area contributed by atoms with Crippen LogP contribution in [0.15, 0.2) is 53.5 Å². The predicted octanol–water partition coefficient (Wildman–Crippen LogP) is 2.17. The molecule has 0 atom stereocenters. The monoisotopic (exact) mass is 433 g/mol. The summed E-state index contributed by atoms with van der Waals surface area (Å²) in [6, 6.07) is 13.1. The number of aromatic nitrogens is 3. The highest BCUT2D eigenvalue weighted by molar-refractivity contribution is 5.94. The fraction of sp³-hybridized carbons (Fsp3) is 0.375. The summed E-state index contributed by atoms with van der Waals surface area (Å²) in [5.41, 5.74) is 0.826. The Morgan fingerprint density at radius 3 is 2.25 bits per heavy atom. The lowest BCUT2D eigenvalue weighted by atomic mass is 9.94. The zero-order chi connectivity index (χ0) is 22.9. The molecule has 1 fully saturated rings. The van der Waals surface area contributed by atoms with Crippen molar-refractivity contribution in [2.75, 3.05) is 26.2 Å². The summed E-state index contributed by atoms with van der Waals surface area (Å²) in [6.07, 6.45) is 1.61. The minimum atomic E-state index is -0.468. The topological polar surface area (TPSA) is 88.4 Å². The SMILES string of the molecule is CC(C)(C)C(=O)N1CCN(C(=O)c2nc3cccnc3n(Cc3ccccc3)c2=O)CC1. The van der Waals surface area contributed by atoms with Crippen LogP contribution in [0, 0.1) is 5.41 Å². The highest BCUT2D eigenvalue weighted by Gasteiger charge is 2.32. The van der Waals surface area contributed by atoms with Crippen molar-refractivity contribution in [2.45, 2.75) is 27.3 Å². The average Bonchev–Trinajstić information content (AvgIpc) is 2.80. The van der Waals surface area contributed by atoms with Crippen molar-refractivity contribution >= 4 is 23.0 Å². The fourth-order valence-corrected chi connectivity index (χ4v) is 3.86. The van der Waals surface area contributed by atoms with Crippen molar-refractivity contribution < 1.29 is 9.59 Å². The van der Waals surface area contributed by atoms with Gasteiger partial charge in [-0.25, -0.2) is 9.97 Å². The highest BCUT2D eigenvalue weighted by atomic mass is 16.2. The molecular weight excluding hydrogens is 406 g/mol. The van der Waals surface area contributed by atoms with Gasteiger partial charge < -0.3 is 9.80 Å². The molecule has 0 bridgehead atoms. The summed E-state index contributed by atoms with van der Waals surface area (Å²) >= 11 is 0. The van der Waals surface area contributed by atoms with Crippen LogP contribution in [-0.2, 0) is 11.3 Å². The van der Waals surface area contributed by atoms with E-state index in [2.05, 4.69) is 9.97 Å². The molecule has 0 saturated carbocycles. The number of piperazine rings is 1. The first-order valence-electron chi connectivity index (χ1n) is 10.7. The second-order valence-corrected chi connectivity index (χ2v) is 9.02. The third-order valence-corrected chi connectivity index (χ3v) is 5.58. The van der Waals surface area contributed by atoms with Crippen LogP contribution in [0.2, 0.25) is 0 Å². The van der Waals surface area contributed by atoms with Crippen LogP contribution in [0.4, 0.5) is 0 Å². The molecule has 166 valence electrons. The number of amides is 2. The quantitative estimate of drug-likeness (QED) is 0.632. The third-order valence-electron chi connectivity index (χ3n) is 5.58. The molecule has 3 heterocycles. The average molecular weight is 434 g/mol. The molecule has 0 spiro atoms. The van der Waals surface area contributed by atoms with Crippen molar-refractivity contribution in [3.63, 3.8) is 0 Å². The number of rotatable bonds is 3. The first kappa shape index (κ1) is 21.7. The summed E-state index contributed by atoms with van der Waals surface area (Å²) in [5.74, 6) is -0.352. The Balaban J connectivity index is 1.63. The maximum atomic E-state index is 13.3. The van der Waals surface area contributed by atoms with Crippen molar-refractivity contribution in [3.8, 4) is 0 Å². The minimum absolute atomic E-state index is 0.0599. The molecule has 0 N–H and O–H groups in total. The maximum Gasteiger partial charge on any atom is 0.284 e. The van der Waals surface area contributed by atoms with E-state index in [9.17, 15) is 14.4 Å². The Hall–Kier alpha value is -3.55. The van der Waals surface area contributed by atoms with Crippen molar-refractivity contribution in [2.24, 2.45) is 5.41 Å². The lowest BCUT2D eigenvalue weighted by molar-refractivity contribution is -0.140. The Morgan fingerprint density at radius 1 is 0.938 bits per heavy atom. The molecule has 32 heavy (non-hydrogen) atoms. The maximum absolute atomic E-state index is 13.3. The number of fused-ring (bicyclic) bond motifs is 1. The van der Waals surface area contributed by atoms with Gasteiger partial charge in [-0.05, 0) is 17.7 Å². The summed E-state index contributed by atoms with van der Waals surface area (Å²) in [5, 5.41) is 0. The van der Waals surface area contributed by atoms with Crippen LogP contribution < -0.4 is 5.56 Å². The summed E-state index contributed by atoms with van der Waals surface area (Å²) < 4.78 is 1.50.